The molecule has 98 valence electrons. The molecule has 1 aromatic carbocycles. The summed E-state index contributed by atoms with van der Waals surface area (Å²) in [5.74, 6) is 0. The minimum atomic E-state index is 0.317. The van der Waals surface area contributed by atoms with E-state index in [1.807, 2.05) is 6.26 Å². The van der Waals surface area contributed by atoms with Crippen LogP contribution in [0.1, 0.15) is 24.0 Å². The van der Waals surface area contributed by atoms with Crippen molar-refractivity contribution in [3.05, 3.63) is 47.7 Å². The molecular weight excluding hydrogens is 226 g/mol. The maximum absolute atomic E-state index is 5.52. The third kappa shape index (κ3) is 4.17. The second-order valence-corrected chi connectivity index (χ2v) is 4.59. The molecule has 3 nitrogen and oxygen atoms in total. The lowest BCUT2D eigenvalue weighted by Crippen LogP contribution is -2.28. The van der Waals surface area contributed by atoms with Crippen LogP contribution < -0.4 is 5.32 Å². The van der Waals surface area contributed by atoms with Gasteiger partial charge in [0.1, 0.15) is 6.10 Å². The molecular formula is C15H21NO2. The zero-order valence-electron chi connectivity index (χ0n) is 10.9. The Kier molecular flexibility index (Phi) is 5.24. The number of nitrogens with one attached hydrogen (secondary N) is 1. The van der Waals surface area contributed by atoms with E-state index in [1.54, 1.807) is 7.11 Å². The van der Waals surface area contributed by atoms with Crippen molar-refractivity contribution in [3.8, 4) is 0 Å². The zero-order chi connectivity index (χ0) is 12.6. The van der Waals surface area contributed by atoms with E-state index in [0.29, 0.717) is 12.7 Å². The van der Waals surface area contributed by atoms with Gasteiger partial charge in [-0.2, -0.15) is 0 Å². The minimum Gasteiger partial charge on any atom is -0.497 e. The molecule has 2 rings (SSSR count). The monoisotopic (exact) mass is 247 g/mol. The van der Waals surface area contributed by atoms with E-state index in [4.69, 9.17) is 9.47 Å². The van der Waals surface area contributed by atoms with Crippen LogP contribution in [0.25, 0.3) is 0 Å². The van der Waals surface area contributed by atoms with E-state index in [-0.39, 0.29) is 0 Å². The first-order chi connectivity index (χ1) is 8.88. The topological polar surface area (TPSA) is 30.5 Å². The van der Waals surface area contributed by atoms with Crippen LogP contribution in [0.5, 0.6) is 0 Å². The summed E-state index contributed by atoms with van der Waals surface area (Å²) in [6.07, 6.45) is 6.43. The summed E-state index contributed by atoms with van der Waals surface area (Å²) in [4.78, 5) is 0. The molecule has 0 bridgehead atoms. The summed E-state index contributed by atoms with van der Waals surface area (Å²) >= 11 is 0. The molecule has 0 spiro atoms. The van der Waals surface area contributed by atoms with Crippen molar-refractivity contribution < 1.29 is 9.47 Å². The average molecular weight is 247 g/mol. The van der Waals surface area contributed by atoms with Gasteiger partial charge in [0.15, 0.2) is 0 Å². The van der Waals surface area contributed by atoms with Crippen LogP contribution in [0.15, 0.2) is 36.6 Å². The molecule has 1 aromatic rings. The quantitative estimate of drug-likeness (QED) is 0.838. The standard InChI is InChI=1S/C15H21NO2/c1-17-12-14-6-4-5-13(9-14)10-16-11-15-7-2-3-8-18-15/h3-6,8-9,15-16H,2,7,10-12H2,1H3. The Balaban J connectivity index is 1.75. The highest BCUT2D eigenvalue weighted by Crippen LogP contribution is 2.10. The van der Waals surface area contributed by atoms with E-state index >= 15 is 0 Å². The number of hydrogen-bond acceptors (Lipinski definition) is 3. The third-order valence-electron chi connectivity index (χ3n) is 3.03. The van der Waals surface area contributed by atoms with Gasteiger partial charge in [-0.15, -0.1) is 0 Å². The highest BCUT2D eigenvalue weighted by molar-refractivity contribution is 5.22. The first kappa shape index (κ1) is 13.1. The smallest absolute Gasteiger partial charge is 0.110 e. The molecule has 0 radical (unpaired) electrons. The van der Waals surface area contributed by atoms with Crippen molar-refractivity contribution in [1.29, 1.82) is 0 Å². The molecule has 0 amide bonds. The van der Waals surface area contributed by atoms with Gasteiger partial charge in [-0.25, -0.2) is 0 Å². The number of hydrogen-bond donors (Lipinski definition) is 1. The van der Waals surface area contributed by atoms with Gasteiger partial charge in [-0.05, 0) is 30.0 Å². The largest absolute Gasteiger partial charge is 0.497 e. The fourth-order valence-corrected chi connectivity index (χ4v) is 2.11. The van der Waals surface area contributed by atoms with E-state index in [0.717, 1.165) is 25.9 Å². The first-order valence-electron chi connectivity index (χ1n) is 6.46. The van der Waals surface area contributed by atoms with Crippen LogP contribution in [0, 0.1) is 0 Å². The number of allylic oxidation sites excluding steroid dienone is 1. The number of benzene rings is 1. The fraction of sp³-hybridized carbons (Fsp3) is 0.467. The lowest BCUT2D eigenvalue weighted by atomic mass is 10.1. The molecule has 1 unspecified atom stereocenters. The Hall–Kier alpha value is -1.32. The van der Waals surface area contributed by atoms with Crippen LogP contribution in [0.4, 0.5) is 0 Å². The fourth-order valence-electron chi connectivity index (χ4n) is 2.11. The Morgan fingerprint density at radius 3 is 3.06 bits per heavy atom. The maximum Gasteiger partial charge on any atom is 0.110 e. The molecule has 3 heteroatoms. The van der Waals surface area contributed by atoms with Crippen molar-refractivity contribution in [1.82, 2.24) is 5.32 Å². The Bertz CT molecular complexity index is 390. The SMILES string of the molecule is COCc1cccc(CNCC2CCC=CO2)c1. The minimum absolute atomic E-state index is 0.317. The van der Waals surface area contributed by atoms with Gasteiger partial charge in [0, 0.05) is 20.2 Å². The van der Waals surface area contributed by atoms with Crippen LogP contribution >= 0.6 is 0 Å². The highest BCUT2D eigenvalue weighted by atomic mass is 16.5. The van der Waals surface area contributed by atoms with Gasteiger partial charge in [-0.1, -0.05) is 24.3 Å². The molecule has 0 aromatic heterocycles. The number of ether oxygens (including phenoxy) is 2. The third-order valence-corrected chi connectivity index (χ3v) is 3.03. The van der Waals surface area contributed by atoms with Gasteiger partial charge in [0.05, 0.1) is 12.9 Å². The van der Waals surface area contributed by atoms with Crippen molar-refractivity contribution in [2.24, 2.45) is 0 Å². The summed E-state index contributed by atoms with van der Waals surface area (Å²) in [5, 5.41) is 3.44. The molecule has 1 aliphatic rings. The van der Waals surface area contributed by atoms with E-state index in [1.165, 1.54) is 11.1 Å². The summed E-state index contributed by atoms with van der Waals surface area (Å²) in [6, 6.07) is 8.47. The summed E-state index contributed by atoms with van der Waals surface area (Å²) in [7, 11) is 1.72. The van der Waals surface area contributed by atoms with E-state index < -0.39 is 0 Å². The van der Waals surface area contributed by atoms with Crippen molar-refractivity contribution in [3.63, 3.8) is 0 Å². The summed E-state index contributed by atoms with van der Waals surface area (Å²) in [5.41, 5.74) is 2.50. The molecule has 18 heavy (non-hydrogen) atoms. The van der Waals surface area contributed by atoms with Gasteiger partial charge in [0.2, 0.25) is 0 Å². The Morgan fingerprint density at radius 1 is 1.39 bits per heavy atom. The van der Waals surface area contributed by atoms with E-state index in [9.17, 15) is 0 Å². The maximum atomic E-state index is 5.52. The highest BCUT2D eigenvalue weighted by Gasteiger charge is 2.09. The lowest BCUT2D eigenvalue weighted by molar-refractivity contribution is 0.122. The molecule has 1 N–H and O–H groups in total. The number of rotatable bonds is 6. The Morgan fingerprint density at radius 2 is 2.28 bits per heavy atom. The summed E-state index contributed by atoms with van der Waals surface area (Å²) < 4.78 is 10.6. The predicted molar refractivity (Wildman–Crippen MR) is 72.1 cm³/mol. The molecule has 1 aliphatic heterocycles. The van der Waals surface area contributed by atoms with Crippen molar-refractivity contribution in [2.75, 3.05) is 13.7 Å². The van der Waals surface area contributed by atoms with Gasteiger partial charge >= 0.3 is 0 Å². The molecule has 0 saturated carbocycles. The summed E-state index contributed by atoms with van der Waals surface area (Å²) in [6.45, 7) is 2.45. The second kappa shape index (κ2) is 7.19. The van der Waals surface area contributed by atoms with Gasteiger partial charge in [0.25, 0.3) is 0 Å². The van der Waals surface area contributed by atoms with Crippen LogP contribution in [-0.4, -0.2) is 19.8 Å². The van der Waals surface area contributed by atoms with Crippen molar-refractivity contribution >= 4 is 0 Å². The molecule has 1 heterocycles. The van der Waals surface area contributed by atoms with Gasteiger partial charge < -0.3 is 14.8 Å². The van der Waals surface area contributed by atoms with E-state index in [2.05, 4.69) is 35.7 Å². The second-order valence-electron chi connectivity index (χ2n) is 4.59. The molecule has 0 fully saturated rings. The molecule has 1 atom stereocenters. The normalized spacial score (nSPS) is 18.6. The first-order valence-corrected chi connectivity index (χ1v) is 6.46. The average Bonchev–Trinajstić information content (AvgIpc) is 2.41. The van der Waals surface area contributed by atoms with Crippen LogP contribution in [0.2, 0.25) is 0 Å². The molecule has 0 aliphatic carbocycles. The predicted octanol–water partition coefficient (Wildman–Crippen LogP) is 2.62. The Labute approximate surface area is 109 Å². The van der Waals surface area contributed by atoms with Crippen LogP contribution in [-0.2, 0) is 22.6 Å². The lowest BCUT2D eigenvalue weighted by Gasteiger charge is -2.19. The zero-order valence-corrected chi connectivity index (χ0v) is 10.9. The molecule has 0 saturated heterocycles. The van der Waals surface area contributed by atoms with Crippen LogP contribution in [0.3, 0.4) is 0 Å². The van der Waals surface area contributed by atoms with Crippen molar-refractivity contribution in [2.45, 2.75) is 32.1 Å². The number of methoxy groups -OCH3 is 1. The van der Waals surface area contributed by atoms with Gasteiger partial charge in [-0.3, -0.25) is 0 Å².